The fourth-order valence-corrected chi connectivity index (χ4v) is 3.48. The molecule has 3 rings (SSSR count). The summed E-state index contributed by atoms with van der Waals surface area (Å²) in [5.74, 6) is 2.81. The van der Waals surface area contributed by atoms with Crippen molar-refractivity contribution >= 4 is 35.9 Å². The second-order valence-electron chi connectivity index (χ2n) is 6.33. The summed E-state index contributed by atoms with van der Waals surface area (Å²) in [6.07, 6.45) is 5.00. The molecule has 1 aromatic heterocycles. The van der Waals surface area contributed by atoms with Crippen molar-refractivity contribution < 1.29 is 9.53 Å². The van der Waals surface area contributed by atoms with E-state index in [1.165, 1.54) is 20.0 Å². The minimum Gasteiger partial charge on any atom is -0.469 e. The standard InChI is InChI=1S/C16H26N6O2.HI/c1-17-16(21-9-6-12(7-10-21)15(23)24-2)18-11-14-20-19-13-5-3-4-8-22(13)14;/h12H,3-11H2,1-2H3,(H,17,18);1H. The first-order chi connectivity index (χ1) is 11.7. The molecule has 1 aromatic rings. The van der Waals surface area contributed by atoms with Crippen LogP contribution in [0.5, 0.6) is 0 Å². The third kappa shape index (κ3) is 4.62. The second-order valence-corrected chi connectivity index (χ2v) is 6.33. The van der Waals surface area contributed by atoms with Crippen molar-refractivity contribution in [3.8, 4) is 0 Å². The second kappa shape index (κ2) is 9.35. The summed E-state index contributed by atoms with van der Waals surface area (Å²) >= 11 is 0. The number of guanidine groups is 1. The van der Waals surface area contributed by atoms with Crippen molar-refractivity contribution in [2.75, 3.05) is 27.2 Å². The van der Waals surface area contributed by atoms with Gasteiger partial charge in [-0.15, -0.1) is 34.2 Å². The van der Waals surface area contributed by atoms with E-state index in [9.17, 15) is 4.79 Å². The SMILES string of the molecule is CN=C(NCc1nnc2n1CCCC2)N1CCC(C(=O)OC)CC1.I. The van der Waals surface area contributed by atoms with Gasteiger partial charge in [-0.25, -0.2) is 0 Å². The molecular weight excluding hydrogens is 435 g/mol. The van der Waals surface area contributed by atoms with Crippen molar-refractivity contribution in [2.24, 2.45) is 10.9 Å². The average Bonchev–Trinajstić information content (AvgIpc) is 3.05. The number of ether oxygens (including phenoxy) is 1. The number of piperidine rings is 1. The average molecular weight is 462 g/mol. The highest BCUT2D eigenvalue weighted by Gasteiger charge is 2.27. The summed E-state index contributed by atoms with van der Waals surface area (Å²) in [7, 11) is 3.24. The lowest BCUT2D eigenvalue weighted by Crippen LogP contribution is -2.46. The Morgan fingerprint density at radius 2 is 2.04 bits per heavy atom. The molecule has 3 heterocycles. The molecule has 1 N–H and O–H groups in total. The molecule has 0 aliphatic carbocycles. The molecule has 0 bridgehead atoms. The van der Waals surface area contributed by atoms with Gasteiger partial charge in [-0.05, 0) is 25.7 Å². The topological polar surface area (TPSA) is 84.6 Å². The van der Waals surface area contributed by atoms with Gasteiger partial charge in [0.25, 0.3) is 0 Å². The molecule has 2 aliphatic rings. The molecule has 0 amide bonds. The summed E-state index contributed by atoms with van der Waals surface area (Å²) in [4.78, 5) is 18.2. The van der Waals surface area contributed by atoms with Crippen LogP contribution in [0.15, 0.2) is 4.99 Å². The summed E-state index contributed by atoms with van der Waals surface area (Å²) in [6, 6.07) is 0. The van der Waals surface area contributed by atoms with E-state index < -0.39 is 0 Å². The number of hydrogen-bond donors (Lipinski definition) is 1. The Balaban J connectivity index is 0.00000225. The van der Waals surface area contributed by atoms with Gasteiger partial charge in [-0.1, -0.05) is 0 Å². The predicted molar refractivity (Wildman–Crippen MR) is 105 cm³/mol. The van der Waals surface area contributed by atoms with Crippen molar-refractivity contribution in [3.63, 3.8) is 0 Å². The maximum Gasteiger partial charge on any atom is 0.308 e. The van der Waals surface area contributed by atoms with Crippen molar-refractivity contribution in [3.05, 3.63) is 11.6 Å². The molecule has 0 radical (unpaired) electrons. The first kappa shape index (κ1) is 19.9. The number of esters is 1. The van der Waals surface area contributed by atoms with Gasteiger partial charge in [0.05, 0.1) is 19.6 Å². The van der Waals surface area contributed by atoms with Gasteiger partial charge < -0.3 is 19.5 Å². The minimum absolute atomic E-state index is 0. The quantitative estimate of drug-likeness (QED) is 0.315. The van der Waals surface area contributed by atoms with Crippen LogP contribution in [-0.2, 0) is 29.0 Å². The number of likely N-dealkylation sites (tertiary alicyclic amines) is 1. The number of fused-ring (bicyclic) bond motifs is 1. The van der Waals surface area contributed by atoms with Gasteiger partial charge in [0, 0.05) is 33.1 Å². The van der Waals surface area contributed by atoms with Gasteiger partial charge in [-0.2, -0.15) is 0 Å². The normalized spacial score (nSPS) is 18.3. The zero-order valence-electron chi connectivity index (χ0n) is 14.9. The van der Waals surface area contributed by atoms with E-state index in [1.54, 1.807) is 7.05 Å². The van der Waals surface area contributed by atoms with E-state index in [0.29, 0.717) is 6.54 Å². The number of carbonyl (C=O) groups excluding carboxylic acids is 1. The first-order valence-corrected chi connectivity index (χ1v) is 8.67. The number of aromatic nitrogens is 3. The highest BCUT2D eigenvalue weighted by atomic mass is 127. The molecule has 2 aliphatic heterocycles. The van der Waals surface area contributed by atoms with Crippen LogP contribution < -0.4 is 5.32 Å². The third-order valence-electron chi connectivity index (χ3n) is 4.88. The Labute approximate surface area is 165 Å². The van der Waals surface area contributed by atoms with Crippen molar-refractivity contribution in [1.82, 2.24) is 25.0 Å². The molecule has 0 spiro atoms. The fraction of sp³-hybridized carbons (Fsp3) is 0.750. The van der Waals surface area contributed by atoms with Crippen LogP contribution in [0.25, 0.3) is 0 Å². The van der Waals surface area contributed by atoms with Gasteiger partial charge in [0.2, 0.25) is 0 Å². The van der Waals surface area contributed by atoms with Crippen LogP contribution in [0.2, 0.25) is 0 Å². The molecule has 9 heteroatoms. The van der Waals surface area contributed by atoms with Crippen molar-refractivity contribution in [1.29, 1.82) is 0 Å². The summed E-state index contributed by atoms with van der Waals surface area (Å²) in [5, 5.41) is 12.0. The van der Waals surface area contributed by atoms with Crippen LogP contribution in [0.1, 0.15) is 37.3 Å². The molecule has 8 nitrogen and oxygen atoms in total. The Kier molecular flexibility index (Phi) is 7.45. The number of hydrogen-bond acceptors (Lipinski definition) is 5. The third-order valence-corrected chi connectivity index (χ3v) is 4.88. The Bertz CT molecular complexity index is 610. The number of aliphatic imine (C=N–C) groups is 1. The van der Waals surface area contributed by atoms with Crippen LogP contribution in [0, 0.1) is 5.92 Å². The van der Waals surface area contributed by atoms with E-state index in [-0.39, 0.29) is 35.9 Å². The number of rotatable bonds is 3. The summed E-state index contributed by atoms with van der Waals surface area (Å²) in [5.41, 5.74) is 0. The number of nitrogens with zero attached hydrogens (tertiary/aromatic N) is 5. The van der Waals surface area contributed by atoms with E-state index in [2.05, 4.69) is 30.0 Å². The predicted octanol–water partition coefficient (Wildman–Crippen LogP) is 1.19. The number of nitrogens with one attached hydrogen (secondary N) is 1. The maximum absolute atomic E-state index is 11.6. The molecule has 0 aromatic carbocycles. The van der Waals surface area contributed by atoms with E-state index in [4.69, 9.17) is 4.74 Å². The van der Waals surface area contributed by atoms with Crippen molar-refractivity contribution in [2.45, 2.75) is 45.2 Å². The number of halogens is 1. The van der Waals surface area contributed by atoms with E-state index in [1.807, 2.05) is 0 Å². The van der Waals surface area contributed by atoms with Gasteiger partial charge in [-0.3, -0.25) is 9.79 Å². The largest absolute Gasteiger partial charge is 0.469 e. The van der Waals surface area contributed by atoms with E-state index >= 15 is 0 Å². The lowest BCUT2D eigenvalue weighted by molar-refractivity contribution is -0.146. The zero-order chi connectivity index (χ0) is 16.9. The highest BCUT2D eigenvalue weighted by molar-refractivity contribution is 14.0. The first-order valence-electron chi connectivity index (χ1n) is 8.67. The molecule has 0 unspecified atom stereocenters. The maximum atomic E-state index is 11.6. The minimum atomic E-state index is -0.104. The van der Waals surface area contributed by atoms with Gasteiger partial charge >= 0.3 is 5.97 Å². The molecule has 1 saturated heterocycles. The van der Waals surface area contributed by atoms with Crippen LogP contribution in [-0.4, -0.2) is 58.8 Å². The van der Waals surface area contributed by atoms with Crippen LogP contribution in [0.3, 0.4) is 0 Å². The monoisotopic (exact) mass is 462 g/mol. The van der Waals surface area contributed by atoms with Gasteiger partial charge in [0.15, 0.2) is 11.8 Å². The Hall–Kier alpha value is -1.39. The number of aryl methyl sites for hydroxylation is 1. The molecule has 25 heavy (non-hydrogen) atoms. The number of carbonyl (C=O) groups is 1. The zero-order valence-corrected chi connectivity index (χ0v) is 17.2. The molecule has 0 saturated carbocycles. The fourth-order valence-electron chi connectivity index (χ4n) is 3.48. The highest BCUT2D eigenvalue weighted by Crippen LogP contribution is 2.19. The van der Waals surface area contributed by atoms with E-state index in [0.717, 1.165) is 56.5 Å². The lowest BCUT2D eigenvalue weighted by Gasteiger charge is -2.33. The van der Waals surface area contributed by atoms with Gasteiger partial charge in [0.1, 0.15) is 5.82 Å². The molecule has 0 atom stereocenters. The molecule has 1 fully saturated rings. The summed E-state index contributed by atoms with van der Waals surface area (Å²) < 4.78 is 7.06. The van der Waals surface area contributed by atoms with Crippen LogP contribution in [0.4, 0.5) is 0 Å². The molecule has 140 valence electrons. The molecular formula is C16H27IN6O2. The smallest absolute Gasteiger partial charge is 0.308 e. The Morgan fingerprint density at radius 3 is 2.72 bits per heavy atom. The lowest BCUT2D eigenvalue weighted by atomic mass is 9.97. The number of methoxy groups -OCH3 is 1. The Morgan fingerprint density at radius 1 is 1.28 bits per heavy atom. The summed E-state index contributed by atoms with van der Waals surface area (Å²) in [6.45, 7) is 3.23. The van der Waals surface area contributed by atoms with Crippen LogP contribution >= 0.6 is 24.0 Å².